The highest BCUT2D eigenvalue weighted by atomic mass is 79.9. The molecule has 2 rings (SSSR count). The monoisotopic (exact) mass is 397 g/mol. The van der Waals surface area contributed by atoms with Crippen LogP contribution in [0.1, 0.15) is 34.1 Å². The number of rotatable bonds is 6. The Bertz CT molecular complexity index is 706. The Hall–Kier alpha value is -2.42. The molecule has 9 heteroatoms. The van der Waals surface area contributed by atoms with Crippen LogP contribution in [0.2, 0.25) is 0 Å². The second-order valence-electron chi connectivity index (χ2n) is 5.27. The van der Waals surface area contributed by atoms with E-state index < -0.39 is 18.0 Å². The fraction of sp³-hybridized carbons (Fsp3) is 0.333. The van der Waals surface area contributed by atoms with Crippen LogP contribution in [0.4, 0.5) is 4.79 Å². The number of urea groups is 1. The van der Waals surface area contributed by atoms with Gasteiger partial charge in [0.1, 0.15) is 6.04 Å². The number of hydrogen-bond acceptors (Lipinski definition) is 4. The zero-order valence-electron chi connectivity index (χ0n) is 12.8. The van der Waals surface area contributed by atoms with Crippen LogP contribution in [0.15, 0.2) is 22.7 Å². The number of benzene rings is 1. The Morgan fingerprint density at radius 3 is 2.58 bits per heavy atom. The molecular formula is C15H16BrN3O5. The third kappa shape index (κ3) is 3.91. The Morgan fingerprint density at radius 1 is 1.25 bits per heavy atom. The minimum absolute atomic E-state index is 0.165. The average molecular weight is 398 g/mol. The average Bonchev–Trinajstić information content (AvgIpc) is 2.75. The van der Waals surface area contributed by atoms with Crippen molar-refractivity contribution in [1.29, 1.82) is 0 Å². The normalized spacial score (nSPS) is 14.3. The van der Waals surface area contributed by atoms with Gasteiger partial charge < -0.3 is 15.7 Å². The van der Waals surface area contributed by atoms with Gasteiger partial charge >= 0.3 is 12.0 Å². The highest BCUT2D eigenvalue weighted by molar-refractivity contribution is 9.10. The van der Waals surface area contributed by atoms with Crippen LogP contribution >= 0.6 is 15.9 Å². The molecule has 1 aromatic rings. The summed E-state index contributed by atoms with van der Waals surface area (Å²) in [4.78, 5) is 47.6. The van der Waals surface area contributed by atoms with Crippen LogP contribution in [0, 0.1) is 0 Å². The van der Waals surface area contributed by atoms with Crippen molar-refractivity contribution in [3.8, 4) is 0 Å². The van der Waals surface area contributed by atoms with E-state index in [2.05, 4.69) is 26.6 Å². The predicted octanol–water partition coefficient (Wildman–Crippen LogP) is 1.21. The molecule has 1 aromatic carbocycles. The van der Waals surface area contributed by atoms with Crippen molar-refractivity contribution >= 4 is 39.7 Å². The van der Waals surface area contributed by atoms with E-state index in [1.165, 1.54) is 6.92 Å². The van der Waals surface area contributed by atoms with Crippen molar-refractivity contribution < 1.29 is 24.3 Å². The van der Waals surface area contributed by atoms with E-state index in [0.717, 1.165) is 9.37 Å². The number of aliphatic carboxylic acids is 1. The summed E-state index contributed by atoms with van der Waals surface area (Å²) in [6.45, 7) is 1.72. The second-order valence-corrected chi connectivity index (χ2v) is 6.18. The van der Waals surface area contributed by atoms with E-state index in [0.29, 0.717) is 17.5 Å². The molecule has 1 heterocycles. The first-order valence-corrected chi connectivity index (χ1v) is 8.03. The lowest BCUT2D eigenvalue weighted by Gasteiger charge is -2.14. The molecule has 0 fully saturated rings. The number of carboxylic acid groups (broad SMARTS) is 1. The summed E-state index contributed by atoms with van der Waals surface area (Å²) in [6.07, 6.45) is 0.363. The number of hydrogen-bond donors (Lipinski definition) is 3. The smallest absolute Gasteiger partial charge is 0.325 e. The largest absolute Gasteiger partial charge is 0.480 e. The maximum atomic E-state index is 12.2. The van der Waals surface area contributed by atoms with Gasteiger partial charge in [0.05, 0.1) is 11.1 Å². The highest BCUT2D eigenvalue weighted by Gasteiger charge is 2.34. The van der Waals surface area contributed by atoms with Crippen molar-refractivity contribution in [3.05, 3.63) is 33.8 Å². The Morgan fingerprint density at radius 2 is 1.92 bits per heavy atom. The van der Waals surface area contributed by atoms with Crippen LogP contribution in [-0.4, -0.2) is 53.0 Å². The van der Waals surface area contributed by atoms with E-state index in [-0.39, 0.29) is 24.9 Å². The molecule has 0 radical (unpaired) electrons. The van der Waals surface area contributed by atoms with Gasteiger partial charge in [-0.15, -0.1) is 0 Å². The standard InChI is InChI=1S/C15H16BrN3O5/c1-8(14(22)23)18-15(24)17-5-2-6-19-12(20)10-4-3-9(16)7-11(10)13(19)21/h3-4,7-8H,2,5-6H2,1H3,(H,22,23)(H2,17,18,24). The SMILES string of the molecule is CC(NC(=O)NCCCN1C(=O)c2ccc(Br)cc2C1=O)C(=O)O. The van der Waals surface area contributed by atoms with Crippen LogP contribution in [-0.2, 0) is 4.79 Å². The van der Waals surface area contributed by atoms with Gasteiger partial charge in [-0.05, 0) is 31.5 Å². The molecule has 4 amide bonds. The minimum Gasteiger partial charge on any atom is -0.480 e. The Kier molecular flexibility index (Phi) is 5.55. The number of carbonyl (C=O) groups excluding carboxylic acids is 3. The minimum atomic E-state index is -1.14. The molecule has 0 aliphatic carbocycles. The molecule has 128 valence electrons. The third-order valence-corrected chi connectivity index (χ3v) is 3.99. The number of nitrogens with one attached hydrogen (secondary N) is 2. The first kappa shape index (κ1) is 17.9. The van der Waals surface area contributed by atoms with E-state index in [4.69, 9.17) is 5.11 Å². The summed E-state index contributed by atoms with van der Waals surface area (Å²) in [7, 11) is 0. The van der Waals surface area contributed by atoms with E-state index in [1.807, 2.05) is 0 Å². The van der Waals surface area contributed by atoms with Gasteiger partial charge in [-0.3, -0.25) is 19.3 Å². The lowest BCUT2D eigenvalue weighted by molar-refractivity contribution is -0.138. The quantitative estimate of drug-likeness (QED) is 0.492. The first-order chi connectivity index (χ1) is 11.3. The van der Waals surface area contributed by atoms with Crippen molar-refractivity contribution in [2.24, 2.45) is 0 Å². The molecular weight excluding hydrogens is 382 g/mol. The van der Waals surface area contributed by atoms with E-state index in [1.54, 1.807) is 18.2 Å². The highest BCUT2D eigenvalue weighted by Crippen LogP contribution is 2.25. The number of amides is 4. The molecule has 1 atom stereocenters. The summed E-state index contributed by atoms with van der Waals surface area (Å²) in [5.41, 5.74) is 0.722. The van der Waals surface area contributed by atoms with Crippen molar-refractivity contribution in [2.75, 3.05) is 13.1 Å². The van der Waals surface area contributed by atoms with Crippen LogP contribution in [0.25, 0.3) is 0 Å². The molecule has 0 aromatic heterocycles. The fourth-order valence-electron chi connectivity index (χ4n) is 2.21. The zero-order chi connectivity index (χ0) is 17.9. The Labute approximate surface area is 146 Å². The summed E-state index contributed by atoms with van der Waals surface area (Å²) < 4.78 is 0.718. The number of halogens is 1. The summed E-state index contributed by atoms with van der Waals surface area (Å²) >= 11 is 3.26. The number of imide groups is 1. The molecule has 0 spiro atoms. The molecule has 1 aliphatic rings. The molecule has 0 saturated heterocycles. The predicted molar refractivity (Wildman–Crippen MR) is 87.8 cm³/mol. The van der Waals surface area contributed by atoms with Gasteiger partial charge in [-0.25, -0.2) is 4.79 Å². The van der Waals surface area contributed by atoms with Crippen LogP contribution < -0.4 is 10.6 Å². The van der Waals surface area contributed by atoms with E-state index in [9.17, 15) is 19.2 Å². The van der Waals surface area contributed by atoms with E-state index >= 15 is 0 Å². The van der Waals surface area contributed by atoms with Gasteiger partial charge in [0.2, 0.25) is 0 Å². The maximum Gasteiger partial charge on any atom is 0.325 e. The molecule has 1 aliphatic heterocycles. The summed E-state index contributed by atoms with van der Waals surface area (Å²) in [5.74, 6) is -1.85. The molecule has 1 unspecified atom stereocenters. The van der Waals surface area contributed by atoms with Crippen molar-refractivity contribution in [1.82, 2.24) is 15.5 Å². The van der Waals surface area contributed by atoms with Crippen LogP contribution in [0.3, 0.4) is 0 Å². The number of nitrogens with zero attached hydrogens (tertiary/aromatic N) is 1. The van der Waals surface area contributed by atoms with Gasteiger partial charge in [-0.1, -0.05) is 15.9 Å². The molecule has 8 nitrogen and oxygen atoms in total. The molecule has 24 heavy (non-hydrogen) atoms. The topological polar surface area (TPSA) is 116 Å². The Balaban J connectivity index is 1.82. The zero-order valence-corrected chi connectivity index (χ0v) is 14.4. The summed E-state index contributed by atoms with van der Waals surface area (Å²) in [6, 6.07) is 3.28. The van der Waals surface area contributed by atoms with Crippen molar-refractivity contribution in [2.45, 2.75) is 19.4 Å². The molecule has 0 bridgehead atoms. The number of fused-ring (bicyclic) bond motifs is 1. The van der Waals surface area contributed by atoms with Gasteiger partial charge in [0.15, 0.2) is 0 Å². The number of carbonyl (C=O) groups is 4. The lowest BCUT2D eigenvalue weighted by atomic mass is 10.1. The van der Waals surface area contributed by atoms with Gasteiger partial charge in [0, 0.05) is 17.6 Å². The summed E-state index contributed by atoms with van der Waals surface area (Å²) in [5, 5.41) is 13.4. The molecule has 3 N–H and O–H groups in total. The fourth-order valence-corrected chi connectivity index (χ4v) is 2.58. The first-order valence-electron chi connectivity index (χ1n) is 7.24. The second kappa shape index (κ2) is 7.43. The van der Waals surface area contributed by atoms with Gasteiger partial charge in [-0.2, -0.15) is 0 Å². The van der Waals surface area contributed by atoms with Gasteiger partial charge in [0.25, 0.3) is 11.8 Å². The lowest BCUT2D eigenvalue weighted by Crippen LogP contribution is -2.45. The van der Waals surface area contributed by atoms with Crippen LogP contribution in [0.5, 0.6) is 0 Å². The number of carboxylic acids is 1. The maximum absolute atomic E-state index is 12.2. The van der Waals surface area contributed by atoms with Crippen molar-refractivity contribution in [3.63, 3.8) is 0 Å². The third-order valence-electron chi connectivity index (χ3n) is 3.49. The molecule has 0 saturated carbocycles.